The van der Waals surface area contributed by atoms with Gasteiger partial charge < -0.3 is 10.6 Å². The van der Waals surface area contributed by atoms with Crippen LogP contribution < -0.4 is 5.73 Å². The van der Waals surface area contributed by atoms with Crippen LogP contribution in [-0.4, -0.2) is 36.2 Å². The Balaban J connectivity index is 0.00000133. The van der Waals surface area contributed by atoms with Gasteiger partial charge in [0.05, 0.1) is 0 Å². The zero-order chi connectivity index (χ0) is 12.5. The first kappa shape index (κ1) is 15.2. The van der Waals surface area contributed by atoms with Crippen LogP contribution in [0.25, 0.3) is 0 Å². The molecule has 0 aliphatic carbocycles. The summed E-state index contributed by atoms with van der Waals surface area (Å²) in [7, 11) is 0. The molecule has 0 aromatic carbocycles. The number of thioether (sulfide) groups is 1. The highest BCUT2D eigenvalue weighted by molar-refractivity contribution is 8.00. The third kappa shape index (κ3) is 2.94. The number of hydrogen-bond acceptors (Lipinski definition) is 4. The lowest BCUT2D eigenvalue weighted by atomic mass is 10.1. The van der Waals surface area contributed by atoms with Crippen molar-refractivity contribution in [3.63, 3.8) is 0 Å². The first-order valence-corrected chi connectivity index (χ1v) is 8.39. The van der Waals surface area contributed by atoms with E-state index in [1.165, 1.54) is 10.4 Å². The molecule has 2 N–H and O–H groups in total. The number of halogens is 1. The number of nitrogens with zero attached hydrogens (tertiary/aromatic N) is 1. The van der Waals surface area contributed by atoms with Crippen molar-refractivity contribution in [3.05, 3.63) is 21.9 Å². The molecule has 3 rings (SSSR count). The van der Waals surface area contributed by atoms with Gasteiger partial charge in [-0.15, -0.1) is 35.5 Å². The molecule has 2 aliphatic heterocycles. The number of hydrogen-bond donors (Lipinski definition) is 1. The van der Waals surface area contributed by atoms with Gasteiger partial charge in [0.25, 0.3) is 0 Å². The molecule has 2 unspecified atom stereocenters. The van der Waals surface area contributed by atoms with E-state index in [2.05, 4.69) is 11.4 Å². The van der Waals surface area contributed by atoms with E-state index in [1.807, 2.05) is 4.90 Å². The Kier molecular flexibility index (Phi) is 5.17. The second-order valence-electron chi connectivity index (χ2n) is 4.97. The quantitative estimate of drug-likeness (QED) is 0.910. The number of carbonyl (C=O) groups excluding carboxylic acids is 1. The highest BCUT2D eigenvalue weighted by Crippen LogP contribution is 2.41. The van der Waals surface area contributed by atoms with Crippen molar-refractivity contribution in [2.75, 3.05) is 25.4 Å². The maximum absolute atomic E-state index is 12.6. The second-order valence-corrected chi connectivity index (χ2v) is 7.19. The van der Waals surface area contributed by atoms with Gasteiger partial charge in [0.2, 0.25) is 5.91 Å². The monoisotopic (exact) mass is 318 g/mol. The average Bonchev–Trinajstić information content (AvgIpc) is 3.05. The summed E-state index contributed by atoms with van der Waals surface area (Å²) in [5, 5.41) is 2.15. The molecule has 2 aliphatic rings. The first-order valence-electron chi connectivity index (χ1n) is 6.46. The van der Waals surface area contributed by atoms with Gasteiger partial charge in [0.1, 0.15) is 5.25 Å². The minimum absolute atomic E-state index is 0. The molecule has 3 nitrogen and oxygen atoms in total. The molecule has 19 heavy (non-hydrogen) atoms. The average molecular weight is 319 g/mol. The third-order valence-electron chi connectivity index (χ3n) is 3.83. The Morgan fingerprint density at radius 1 is 1.53 bits per heavy atom. The van der Waals surface area contributed by atoms with Crippen molar-refractivity contribution in [3.8, 4) is 0 Å². The highest BCUT2D eigenvalue weighted by atomic mass is 35.5. The Labute approximate surface area is 128 Å². The van der Waals surface area contributed by atoms with Crippen molar-refractivity contribution in [2.45, 2.75) is 18.1 Å². The maximum atomic E-state index is 12.6. The zero-order valence-electron chi connectivity index (χ0n) is 10.7. The summed E-state index contributed by atoms with van der Waals surface area (Å²) in [4.78, 5) is 16.0. The van der Waals surface area contributed by atoms with Crippen LogP contribution in [0, 0.1) is 5.92 Å². The van der Waals surface area contributed by atoms with Crippen molar-refractivity contribution in [1.29, 1.82) is 0 Å². The number of amides is 1. The number of rotatable bonds is 2. The van der Waals surface area contributed by atoms with E-state index >= 15 is 0 Å². The maximum Gasteiger partial charge on any atom is 0.240 e. The van der Waals surface area contributed by atoms with E-state index < -0.39 is 0 Å². The lowest BCUT2D eigenvalue weighted by Crippen LogP contribution is -2.34. The molecule has 1 saturated heterocycles. The van der Waals surface area contributed by atoms with Crippen molar-refractivity contribution in [2.24, 2.45) is 11.7 Å². The van der Waals surface area contributed by atoms with Crippen LogP contribution in [0.1, 0.15) is 22.1 Å². The third-order valence-corrected chi connectivity index (χ3v) is 6.06. The SMILES string of the molecule is Cl.NCC1CCN(C(=O)C2SCCc3sccc32)C1. The molecule has 0 radical (unpaired) electrons. The number of aryl methyl sites for hydroxylation is 1. The molecule has 1 amide bonds. The van der Waals surface area contributed by atoms with Gasteiger partial charge in [-0.05, 0) is 48.1 Å². The Morgan fingerprint density at radius 3 is 3.11 bits per heavy atom. The van der Waals surface area contributed by atoms with Gasteiger partial charge in [-0.2, -0.15) is 0 Å². The summed E-state index contributed by atoms with van der Waals surface area (Å²) in [6.45, 7) is 2.44. The summed E-state index contributed by atoms with van der Waals surface area (Å²) in [5.74, 6) is 1.87. The van der Waals surface area contributed by atoms with Crippen molar-refractivity contribution < 1.29 is 4.79 Å². The standard InChI is InChI=1S/C13H18N2OS2.ClH/c14-7-9-1-4-15(8-9)13(16)12-10-2-5-17-11(10)3-6-18-12;/h2,5,9,12H,1,3-4,6-8,14H2;1H. The van der Waals surface area contributed by atoms with E-state index in [4.69, 9.17) is 5.73 Å². The fraction of sp³-hybridized carbons (Fsp3) is 0.615. The number of likely N-dealkylation sites (tertiary alicyclic amines) is 1. The van der Waals surface area contributed by atoms with Crippen molar-refractivity contribution >= 4 is 41.4 Å². The molecule has 2 atom stereocenters. The van der Waals surface area contributed by atoms with Crippen LogP contribution in [0.5, 0.6) is 0 Å². The molecule has 3 heterocycles. The van der Waals surface area contributed by atoms with Crippen LogP contribution in [0.2, 0.25) is 0 Å². The first-order chi connectivity index (χ1) is 8.79. The molecule has 1 aromatic heterocycles. The molecule has 1 aromatic rings. The number of thiophene rings is 1. The van der Waals surface area contributed by atoms with Crippen molar-refractivity contribution in [1.82, 2.24) is 4.90 Å². The van der Waals surface area contributed by atoms with E-state index in [0.717, 1.165) is 31.7 Å². The van der Waals surface area contributed by atoms with Crippen LogP contribution in [-0.2, 0) is 11.2 Å². The van der Waals surface area contributed by atoms with Gasteiger partial charge >= 0.3 is 0 Å². The summed E-state index contributed by atoms with van der Waals surface area (Å²) in [5.41, 5.74) is 6.95. The normalized spacial score (nSPS) is 25.8. The molecule has 106 valence electrons. The van der Waals surface area contributed by atoms with Gasteiger partial charge in [-0.3, -0.25) is 4.79 Å². The Morgan fingerprint density at radius 2 is 2.37 bits per heavy atom. The fourth-order valence-corrected chi connectivity index (χ4v) is 5.12. The van der Waals surface area contributed by atoms with E-state index in [9.17, 15) is 4.79 Å². The fourth-order valence-electron chi connectivity index (χ4n) is 2.74. The molecule has 6 heteroatoms. The zero-order valence-corrected chi connectivity index (χ0v) is 13.2. The van der Waals surface area contributed by atoms with Crippen LogP contribution in [0.3, 0.4) is 0 Å². The summed E-state index contributed by atoms with van der Waals surface area (Å²) < 4.78 is 0. The van der Waals surface area contributed by atoms with Gasteiger partial charge in [0, 0.05) is 18.0 Å². The van der Waals surface area contributed by atoms with Crippen LogP contribution >= 0.6 is 35.5 Å². The number of fused-ring (bicyclic) bond motifs is 1. The predicted octanol–water partition coefficient (Wildman–Crippen LogP) is 2.31. The lowest BCUT2D eigenvalue weighted by molar-refractivity contribution is -0.129. The van der Waals surface area contributed by atoms with Gasteiger partial charge in [-0.1, -0.05) is 0 Å². The second kappa shape index (κ2) is 6.48. The topological polar surface area (TPSA) is 46.3 Å². The molecular formula is C13H19ClN2OS2. The molecular weight excluding hydrogens is 300 g/mol. The van der Waals surface area contributed by atoms with Gasteiger partial charge in [-0.25, -0.2) is 0 Å². The molecule has 1 fully saturated rings. The van der Waals surface area contributed by atoms with E-state index in [-0.39, 0.29) is 17.7 Å². The Bertz CT molecular complexity index is 452. The number of carbonyl (C=O) groups is 1. The largest absolute Gasteiger partial charge is 0.341 e. The number of nitrogens with two attached hydrogens (primary N) is 1. The molecule has 0 bridgehead atoms. The van der Waals surface area contributed by atoms with Crippen LogP contribution in [0.4, 0.5) is 0 Å². The van der Waals surface area contributed by atoms with Crippen LogP contribution in [0.15, 0.2) is 11.4 Å². The molecule has 0 saturated carbocycles. The minimum Gasteiger partial charge on any atom is -0.341 e. The smallest absolute Gasteiger partial charge is 0.240 e. The van der Waals surface area contributed by atoms with E-state index in [0.29, 0.717) is 18.4 Å². The summed E-state index contributed by atoms with van der Waals surface area (Å²) in [6.07, 6.45) is 2.18. The summed E-state index contributed by atoms with van der Waals surface area (Å²) >= 11 is 3.59. The van der Waals surface area contributed by atoms with Gasteiger partial charge in [0.15, 0.2) is 0 Å². The minimum atomic E-state index is 0. The highest BCUT2D eigenvalue weighted by Gasteiger charge is 2.34. The molecule has 0 spiro atoms. The van der Waals surface area contributed by atoms with E-state index in [1.54, 1.807) is 23.1 Å². The lowest BCUT2D eigenvalue weighted by Gasteiger charge is -2.26. The Hall–Kier alpha value is -0.230. The summed E-state index contributed by atoms with van der Waals surface area (Å²) in [6, 6.07) is 2.13. The predicted molar refractivity (Wildman–Crippen MR) is 84.2 cm³/mol.